The van der Waals surface area contributed by atoms with Gasteiger partial charge in [0, 0.05) is 32.2 Å². The Morgan fingerprint density at radius 2 is 2.19 bits per heavy atom. The lowest BCUT2D eigenvalue weighted by Gasteiger charge is -2.40. The van der Waals surface area contributed by atoms with Crippen LogP contribution in [0.15, 0.2) is 0 Å². The number of halogens is 1. The topological polar surface area (TPSA) is 124 Å². The van der Waals surface area contributed by atoms with Crippen molar-refractivity contribution in [2.75, 3.05) is 32.7 Å². The van der Waals surface area contributed by atoms with E-state index >= 15 is 0 Å². The Kier molecular flexibility index (Phi) is 7.14. The number of likely N-dealkylation sites (tertiary alicyclic amines) is 1. The smallest absolute Gasteiger partial charge is 0.322 e. The predicted molar refractivity (Wildman–Crippen MR) is 100.0 cm³/mol. The Labute approximate surface area is 163 Å². The summed E-state index contributed by atoms with van der Waals surface area (Å²) in [5.74, 6) is -0.408. The van der Waals surface area contributed by atoms with Gasteiger partial charge in [0.2, 0.25) is 11.6 Å². The first-order valence-corrected chi connectivity index (χ1v) is 9.04. The quantitative estimate of drug-likeness (QED) is 0.554. The molecule has 2 aliphatic rings. The first-order valence-electron chi connectivity index (χ1n) is 9.04. The van der Waals surface area contributed by atoms with Gasteiger partial charge in [-0.05, 0) is 19.3 Å². The number of piperidine rings is 1. The van der Waals surface area contributed by atoms with Gasteiger partial charge in [0.25, 0.3) is 5.91 Å². The Morgan fingerprint density at radius 1 is 1.41 bits per heavy atom. The fourth-order valence-corrected chi connectivity index (χ4v) is 3.69. The Morgan fingerprint density at radius 3 is 2.85 bits per heavy atom. The van der Waals surface area contributed by atoms with Crippen LogP contribution in [0.5, 0.6) is 0 Å². The molecule has 11 heteroatoms. The highest BCUT2D eigenvalue weighted by molar-refractivity contribution is 5.96. The molecule has 0 radical (unpaired) electrons. The average molecular weight is 401 g/mol. The maximum atomic E-state index is 12.9. The van der Waals surface area contributed by atoms with Gasteiger partial charge < -0.3 is 15.1 Å². The predicted octanol–water partition coefficient (Wildman–Crippen LogP) is 0.729. The van der Waals surface area contributed by atoms with Gasteiger partial charge in [-0.25, -0.2) is 0 Å². The summed E-state index contributed by atoms with van der Waals surface area (Å²) in [6.07, 6.45) is 2.77. The largest absolute Gasteiger partial charge is 0.336 e. The van der Waals surface area contributed by atoms with Gasteiger partial charge in [0.15, 0.2) is 0 Å². The number of rotatable bonds is 5. The van der Waals surface area contributed by atoms with Crippen molar-refractivity contribution in [3.63, 3.8) is 0 Å². The molecule has 2 aliphatic heterocycles. The van der Waals surface area contributed by atoms with E-state index in [1.54, 1.807) is 4.90 Å². The fraction of sp³-hybridized carbons (Fsp3) is 0.688. The van der Waals surface area contributed by atoms with Crippen molar-refractivity contribution in [3.8, 4) is 0 Å². The zero-order valence-corrected chi connectivity index (χ0v) is 16.1. The molecule has 3 rings (SSSR count). The van der Waals surface area contributed by atoms with Crippen LogP contribution in [0.4, 0.5) is 5.69 Å². The highest BCUT2D eigenvalue weighted by Gasteiger charge is 2.36. The van der Waals surface area contributed by atoms with E-state index in [-0.39, 0.29) is 35.7 Å². The molecule has 0 spiro atoms. The number of nitro groups is 1. The highest BCUT2D eigenvalue weighted by atomic mass is 35.5. The molecule has 2 N–H and O–H groups in total. The van der Waals surface area contributed by atoms with Crippen molar-refractivity contribution in [3.05, 3.63) is 21.5 Å². The fourth-order valence-electron chi connectivity index (χ4n) is 3.69. The molecule has 3 heterocycles. The summed E-state index contributed by atoms with van der Waals surface area (Å²) in [6, 6.07) is -0.0459. The summed E-state index contributed by atoms with van der Waals surface area (Å²) in [5.41, 5.74) is 0.0228. The molecular weight excluding hydrogens is 376 g/mol. The Balaban J connectivity index is 0.00000261. The van der Waals surface area contributed by atoms with Crippen LogP contribution in [-0.2, 0) is 11.2 Å². The van der Waals surface area contributed by atoms with Crippen LogP contribution in [-0.4, -0.2) is 75.5 Å². The number of nitrogens with one attached hydrogen (secondary N) is 2. The molecule has 2 saturated heterocycles. The second-order valence-corrected chi connectivity index (χ2v) is 6.72. The summed E-state index contributed by atoms with van der Waals surface area (Å²) in [7, 11) is 0. The number of H-pyrrole nitrogens is 1. The number of aryl methyl sites for hydroxylation is 1. The number of aromatic nitrogens is 2. The third-order valence-electron chi connectivity index (χ3n) is 4.95. The van der Waals surface area contributed by atoms with Gasteiger partial charge in [0.05, 0.1) is 11.5 Å². The number of carbonyl (C=O) groups is 2. The Bertz CT molecular complexity index is 709. The second kappa shape index (κ2) is 9.14. The number of piperazine rings is 1. The van der Waals surface area contributed by atoms with Gasteiger partial charge in [-0.3, -0.25) is 24.8 Å². The van der Waals surface area contributed by atoms with Crippen molar-refractivity contribution in [2.24, 2.45) is 0 Å². The number of carbonyl (C=O) groups excluding carboxylic acids is 2. The SMILES string of the molecule is CCCc1[nH]nc(C(=O)N2CCCC(N3CCNCC3=O)C2)c1[N+](=O)[O-].Cl. The van der Waals surface area contributed by atoms with Crippen LogP contribution in [0.25, 0.3) is 0 Å². The zero-order chi connectivity index (χ0) is 18.7. The molecule has 1 aromatic heterocycles. The van der Waals surface area contributed by atoms with Crippen molar-refractivity contribution in [2.45, 2.75) is 38.6 Å². The summed E-state index contributed by atoms with van der Waals surface area (Å²) in [6.45, 7) is 4.48. The molecule has 0 saturated carbocycles. The maximum absolute atomic E-state index is 12.9. The summed E-state index contributed by atoms with van der Waals surface area (Å²) in [4.78, 5) is 39.3. The van der Waals surface area contributed by atoms with Gasteiger partial charge in [0.1, 0.15) is 5.69 Å². The molecule has 150 valence electrons. The van der Waals surface area contributed by atoms with Crippen molar-refractivity contribution >= 4 is 29.9 Å². The minimum atomic E-state index is -0.539. The number of hydrogen-bond acceptors (Lipinski definition) is 6. The van der Waals surface area contributed by atoms with E-state index in [2.05, 4.69) is 15.5 Å². The zero-order valence-electron chi connectivity index (χ0n) is 15.3. The van der Waals surface area contributed by atoms with Crippen LogP contribution in [0, 0.1) is 10.1 Å². The van der Waals surface area contributed by atoms with E-state index in [1.165, 1.54) is 0 Å². The van der Waals surface area contributed by atoms with Crippen molar-refractivity contribution < 1.29 is 14.5 Å². The minimum Gasteiger partial charge on any atom is -0.336 e. The molecule has 1 aromatic rings. The molecule has 2 amide bonds. The third kappa shape index (κ3) is 4.38. The van der Waals surface area contributed by atoms with Gasteiger partial charge in [-0.1, -0.05) is 13.3 Å². The van der Waals surface area contributed by atoms with Crippen molar-refractivity contribution in [1.29, 1.82) is 0 Å². The summed E-state index contributed by atoms with van der Waals surface area (Å²) >= 11 is 0. The monoisotopic (exact) mass is 400 g/mol. The maximum Gasteiger partial charge on any atom is 0.322 e. The first-order chi connectivity index (χ1) is 12.5. The summed E-state index contributed by atoms with van der Waals surface area (Å²) in [5, 5.41) is 21.1. The number of amides is 2. The van der Waals surface area contributed by atoms with Crippen LogP contribution in [0.1, 0.15) is 42.4 Å². The van der Waals surface area contributed by atoms with E-state index in [9.17, 15) is 19.7 Å². The van der Waals surface area contributed by atoms with Gasteiger partial charge >= 0.3 is 5.69 Å². The van der Waals surface area contributed by atoms with E-state index in [4.69, 9.17) is 0 Å². The highest BCUT2D eigenvalue weighted by Crippen LogP contribution is 2.26. The minimum absolute atomic E-state index is 0. The molecule has 27 heavy (non-hydrogen) atoms. The Hall–Kier alpha value is -2.20. The van der Waals surface area contributed by atoms with Gasteiger partial charge in [-0.2, -0.15) is 5.10 Å². The normalized spacial score (nSPS) is 20.3. The number of aromatic amines is 1. The van der Waals surface area contributed by atoms with Crippen LogP contribution < -0.4 is 5.32 Å². The molecular formula is C16H25ClN6O4. The number of hydrogen-bond donors (Lipinski definition) is 2. The molecule has 1 unspecified atom stereocenters. The molecule has 2 fully saturated rings. The van der Waals surface area contributed by atoms with E-state index in [0.29, 0.717) is 44.7 Å². The summed E-state index contributed by atoms with van der Waals surface area (Å²) < 4.78 is 0. The average Bonchev–Trinajstić information content (AvgIpc) is 3.06. The lowest BCUT2D eigenvalue weighted by atomic mass is 10.0. The van der Waals surface area contributed by atoms with E-state index < -0.39 is 10.8 Å². The first kappa shape index (κ1) is 21.1. The number of nitrogens with zero attached hydrogens (tertiary/aromatic N) is 4. The second-order valence-electron chi connectivity index (χ2n) is 6.72. The van der Waals surface area contributed by atoms with Crippen LogP contribution >= 0.6 is 12.4 Å². The van der Waals surface area contributed by atoms with E-state index in [0.717, 1.165) is 19.4 Å². The van der Waals surface area contributed by atoms with Crippen LogP contribution in [0.2, 0.25) is 0 Å². The molecule has 0 bridgehead atoms. The molecule has 1 atom stereocenters. The molecule has 0 aliphatic carbocycles. The lowest BCUT2D eigenvalue weighted by Crippen LogP contribution is -2.57. The van der Waals surface area contributed by atoms with Gasteiger partial charge in [-0.15, -0.1) is 12.4 Å². The van der Waals surface area contributed by atoms with Crippen molar-refractivity contribution in [1.82, 2.24) is 25.3 Å². The standard InChI is InChI=1S/C16H24N6O4.ClH/c1-2-4-12-15(22(25)26)14(19-18-12)16(24)20-7-3-5-11(10-20)21-8-6-17-9-13(21)23;/h11,17H,2-10H2,1H3,(H,18,19);1H. The molecule has 0 aromatic carbocycles. The third-order valence-corrected chi connectivity index (χ3v) is 4.95. The molecule has 10 nitrogen and oxygen atoms in total. The van der Waals surface area contributed by atoms with E-state index in [1.807, 2.05) is 11.8 Å². The lowest BCUT2D eigenvalue weighted by molar-refractivity contribution is -0.385. The van der Waals surface area contributed by atoms with Crippen LogP contribution in [0.3, 0.4) is 0 Å².